The summed E-state index contributed by atoms with van der Waals surface area (Å²) in [6.07, 6.45) is 3.49. The number of anilines is 2. The first-order valence-corrected chi connectivity index (χ1v) is 9.62. The molecule has 1 saturated heterocycles. The Morgan fingerprint density at radius 1 is 1.21 bits per heavy atom. The number of nitrogens with one attached hydrogen (secondary N) is 1. The van der Waals surface area contributed by atoms with E-state index in [1.54, 1.807) is 18.3 Å². The molecule has 2 aromatic heterocycles. The van der Waals surface area contributed by atoms with Gasteiger partial charge >= 0.3 is 0 Å². The fourth-order valence-corrected chi connectivity index (χ4v) is 3.78. The fraction of sp³-hybridized carbons (Fsp3) is 0.333. The quantitative estimate of drug-likeness (QED) is 0.730. The molecule has 1 aliphatic rings. The number of carbonyl (C=O) groups is 1. The minimum absolute atomic E-state index is 0.0679. The summed E-state index contributed by atoms with van der Waals surface area (Å²) in [6, 6.07) is 8.14. The van der Waals surface area contributed by atoms with Gasteiger partial charge in [0.1, 0.15) is 11.5 Å². The van der Waals surface area contributed by atoms with E-state index >= 15 is 0 Å². The Balaban J connectivity index is 1.51. The fourth-order valence-electron chi connectivity index (χ4n) is 3.78. The molecule has 1 aliphatic heterocycles. The Morgan fingerprint density at radius 3 is 2.89 bits per heavy atom. The molecular weight excluding hydrogens is 357 g/mol. The van der Waals surface area contributed by atoms with Gasteiger partial charge in [-0.1, -0.05) is 6.92 Å². The first-order chi connectivity index (χ1) is 13.6. The van der Waals surface area contributed by atoms with Crippen LogP contribution in [0.15, 0.2) is 36.5 Å². The number of aryl methyl sites for hydroxylation is 1. The first kappa shape index (κ1) is 18.3. The van der Waals surface area contributed by atoms with Crippen LogP contribution in [-0.4, -0.2) is 47.0 Å². The van der Waals surface area contributed by atoms with Crippen molar-refractivity contribution in [1.82, 2.24) is 14.9 Å². The van der Waals surface area contributed by atoms with Gasteiger partial charge in [0.05, 0.1) is 5.69 Å². The van der Waals surface area contributed by atoms with Crippen LogP contribution < -0.4 is 10.6 Å². The van der Waals surface area contributed by atoms with E-state index in [-0.39, 0.29) is 11.7 Å². The maximum atomic E-state index is 13.4. The largest absolute Gasteiger partial charge is 0.396 e. The lowest BCUT2D eigenvalue weighted by Gasteiger charge is -2.24. The maximum absolute atomic E-state index is 13.4. The number of nitrogens with two attached hydrogens (primary N) is 1. The third kappa shape index (κ3) is 3.40. The molecule has 146 valence electrons. The van der Waals surface area contributed by atoms with Gasteiger partial charge in [0, 0.05) is 43.3 Å². The Kier molecular flexibility index (Phi) is 4.90. The lowest BCUT2D eigenvalue weighted by molar-refractivity contribution is 0.0762. The van der Waals surface area contributed by atoms with E-state index in [9.17, 15) is 9.18 Å². The highest BCUT2D eigenvalue weighted by molar-refractivity contribution is 5.98. The third-order valence-electron chi connectivity index (χ3n) is 5.34. The van der Waals surface area contributed by atoms with E-state index in [2.05, 4.69) is 21.8 Å². The number of carbonyl (C=O) groups excluding carboxylic acids is 1. The average molecular weight is 381 g/mol. The molecule has 4 rings (SSSR count). The predicted octanol–water partition coefficient (Wildman–Crippen LogP) is 3.20. The molecule has 0 unspecified atom stereocenters. The van der Waals surface area contributed by atoms with E-state index in [4.69, 9.17) is 5.73 Å². The summed E-state index contributed by atoms with van der Waals surface area (Å²) < 4.78 is 13.4. The molecule has 0 aliphatic carbocycles. The van der Waals surface area contributed by atoms with Crippen LogP contribution in [0.25, 0.3) is 10.9 Å². The van der Waals surface area contributed by atoms with Crippen molar-refractivity contribution in [3.63, 3.8) is 0 Å². The summed E-state index contributed by atoms with van der Waals surface area (Å²) in [5.41, 5.74) is 9.36. The van der Waals surface area contributed by atoms with Crippen molar-refractivity contribution in [3.8, 4) is 0 Å². The molecule has 7 heteroatoms. The molecule has 0 bridgehead atoms. The van der Waals surface area contributed by atoms with E-state index in [1.807, 2.05) is 11.0 Å². The smallest absolute Gasteiger partial charge is 0.270 e. The number of aromatic amines is 1. The topological polar surface area (TPSA) is 78.2 Å². The Morgan fingerprint density at radius 2 is 2.07 bits per heavy atom. The van der Waals surface area contributed by atoms with Crippen molar-refractivity contribution in [2.45, 2.75) is 19.8 Å². The summed E-state index contributed by atoms with van der Waals surface area (Å²) in [6.45, 7) is 4.79. The highest BCUT2D eigenvalue weighted by Crippen LogP contribution is 2.26. The second-order valence-electron chi connectivity index (χ2n) is 7.11. The molecule has 1 fully saturated rings. The van der Waals surface area contributed by atoms with Gasteiger partial charge in [-0.3, -0.25) is 4.79 Å². The zero-order valence-corrected chi connectivity index (χ0v) is 15.9. The van der Waals surface area contributed by atoms with Crippen LogP contribution in [0, 0.1) is 5.82 Å². The minimum Gasteiger partial charge on any atom is -0.396 e. The van der Waals surface area contributed by atoms with Crippen LogP contribution in [0.4, 0.5) is 15.9 Å². The number of fused-ring (bicyclic) bond motifs is 1. The lowest BCUT2D eigenvalue weighted by Crippen LogP contribution is -2.35. The van der Waals surface area contributed by atoms with Gasteiger partial charge in [-0.25, -0.2) is 9.37 Å². The highest BCUT2D eigenvalue weighted by Gasteiger charge is 2.23. The molecule has 3 N–H and O–H groups in total. The number of nitrogen functional groups attached to an aromatic ring is 1. The second-order valence-corrected chi connectivity index (χ2v) is 7.11. The summed E-state index contributed by atoms with van der Waals surface area (Å²) >= 11 is 0. The van der Waals surface area contributed by atoms with Gasteiger partial charge in [-0.05, 0) is 48.7 Å². The van der Waals surface area contributed by atoms with Crippen molar-refractivity contribution >= 4 is 28.3 Å². The number of hydrogen-bond donors (Lipinski definition) is 2. The zero-order valence-electron chi connectivity index (χ0n) is 15.9. The monoisotopic (exact) mass is 381 g/mol. The summed E-state index contributed by atoms with van der Waals surface area (Å²) in [4.78, 5) is 24.5. The van der Waals surface area contributed by atoms with Gasteiger partial charge in [0.25, 0.3) is 5.91 Å². The molecule has 3 aromatic rings. The van der Waals surface area contributed by atoms with E-state index in [0.29, 0.717) is 30.7 Å². The highest BCUT2D eigenvalue weighted by atomic mass is 19.1. The molecular formula is C21H24FN5O. The third-order valence-corrected chi connectivity index (χ3v) is 5.34. The number of pyridine rings is 1. The number of rotatable bonds is 3. The molecule has 0 saturated carbocycles. The molecule has 3 heterocycles. The van der Waals surface area contributed by atoms with Crippen molar-refractivity contribution in [2.24, 2.45) is 0 Å². The predicted molar refractivity (Wildman–Crippen MR) is 109 cm³/mol. The van der Waals surface area contributed by atoms with E-state index in [1.165, 1.54) is 12.1 Å². The number of halogens is 1. The van der Waals surface area contributed by atoms with Crippen molar-refractivity contribution < 1.29 is 9.18 Å². The van der Waals surface area contributed by atoms with Crippen LogP contribution in [0.5, 0.6) is 0 Å². The standard InChI is InChI=1S/C21H24FN5O/c1-2-14-6-7-24-20(19(14)23)26-8-3-9-27(11-10-26)21(28)18-13-15-12-16(22)4-5-17(15)25-18/h4-7,12-13,25H,2-3,8-11,23H2,1H3. The van der Waals surface area contributed by atoms with Gasteiger partial charge in [-0.2, -0.15) is 0 Å². The summed E-state index contributed by atoms with van der Waals surface area (Å²) in [7, 11) is 0. The average Bonchev–Trinajstić information content (AvgIpc) is 2.96. The lowest BCUT2D eigenvalue weighted by atomic mass is 10.1. The molecule has 0 radical (unpaired) electrons. The zero-order chi connectivity index (χ0) is 19.7. The van der Waals surface area contributed by atoms with Crippen LogP contribution >= 0.6 is 0 Å². The van der Waals surface area contributed by atoms with Crippen molar-refractivity contribution in [2.75, 3.05) is 36.8 Å². The first-order valence-electron chi connectivity index (χ1n) is 9.62. The van der Waals surface area contributed by atoms with E-state index in [0.717, 1.165) is 42.0 Å². The van der Waals surface area contributed by atoms with Crippen molar-refractivity contribution in [1.29, 1.82) is 0 Å². The SMILES string of the molecule is CCc1ccnc(N2CCCN(C(=O)c3cc4cc(F)ccc4[nH]3)CC2)c1N. The molecule has 28 heavy (non-hydrogen) atoms. The normalized spacial score (nSPS) is 15.1. The molecule has 0 spiro atoms. The Bertz CT molecular complexity index is 1020. The van der Waals surface area contributed by atoms with Crippen molar-refractivity contribution in [3.05, 3.63) is 53.6 Å². The summed E-state index contributed by atoms with van der Waals surface area (Å²) in [5, 5.41) is 0.702. The molecule has 1 amide bonds. The number of H-pyrrole nitrogens is 1. The van der Waals surface area contributed by atoms with Gasteiger partial charge in [-0.15, -0.1) is 0 Å². The number of aromatic nitrogens is 2. The number of nitrogens with zero attached hydrogens (tertiary/aromatic N) is 3. The van der Waals surface area contributed by atoms with Crippen LogP contribution in [0.2, 0.25) is 0 Å². The Labute approximate surface area is 163 Å². The van der Waals surface area contributed by atoms with E-state index < -0.39 is 0 Å². The molecule has 0 atom stereocenters. The number of benzene rings is 1. The summed E-state index contributed by atoms with van der Waals surface area (Å²) in [5.74, 6) is 0.423. The number of amides is 1. The number of hydrogen-bond acceptors (Lipinski definition) is 4. The maximum Gasteiger partial charge on any atom is 0.270 e. The van der Waals surface area contributed by atoms with Crippen LogP contribution in [0.3, 0.4) is 0 Å². The van der Waals surface area contributed by atoms with Crippen LogP contribution in [0.1, 0.15) is 29.4 Å². The molecule has 1 aromatic carbocycles. The minimum atomic E-state index is -0.310. The van der Waals surface area contributed by atoms with Crippen LogP contribution in [-0.2, 0) is 6.42 Å². The second kappa shape index (κ2) is 7.50. The Hall–Kier alpha value is -3.09. The molecule has 6 nitrogen and oxygen atoms in total. The van der Waals surface area contributed by atoms with Gasteiger partial charge in [0.15, 0.2) is 5.82 Å². The van der Waals surface area contributed by atoms with Gasteiger partial charge < -0.3 is 20.5 Å². The van der Waals surface area contributed by atoms with Gasteiger partial charge in [0.2, 0.25) is 0 Å².